The van der Waals surface area contributed by atoms with Crippen LogP contribution in [0.4, 0.5) is 0 Å². The van der Waals surface area contributed by atoms with Gasteiger partial charge in [-0.05, 0) is 24.8 Å². The van der Waals surface area contributed by atoms with E-state index in [1.165, 1.54) is 5.39 Å². The van der Waals surface area contributed by atoms with Crippen molar-refractivity contribution in [1.29, 1.82) is 0 Å². The molecule has 2 aromatic carbocycles. The quantitative estimate of drug-likeness (QED) is 0.751. The van der Waals surface area contributed by atoms with Crippen molar-refractivity contribution in [2.24, 2.45) is 0 Å². The molecule has 0 spiro atoms. The monoisotopic (exact) mass is 228 g/mol. The Bertz CT molecular complexity index is 572. The van der Waals surface area contributed by atoms with Gasteiger partial charge in [-0.25, -0.2) is 0 Å². The summed E-state index contributed by atoms with van der Waals surface area (Å²) in [5.74, 6) is 0.929. The van der Waals surface area contributed by atoms with Gasteiger partial charge in [0.15, 0.2) is 0 Å². The molecule has 1 aliphatic rings. The number of benzene rings is 2. The van der Waals surface area contributed by atoms with E-state index in [2.05, 4.69) is 24.3 Å². The average Bonchev–Trinajstić information content (AvgIpc) is 2.31. The third-order valence-electron chi connectivity index (χ3n) is 3.54. The first-order valence-electron chi connectivity index (χ1n) is 5.95. The normalized spacial score (nSPS) is 21.9. The van der Waals surface area contributed by atoms with Gasteiger partial charge in [-0.15, -0.1) is 0 Å². The number of hydrogen-bond acceptors (Lipinski definition) is 2. The summed E-state index contributed by atoms with van der Waals surface area (Å²) in [5.41, 5.74) is 0.576. The largest absolute Gasteiger partial charge is 0.484 e. The second-order valence-electron chi connectivity index (χ2n) is 5.20. The SMILES string of the molecule is CC1(C)Oc2c(ccc3ccccc23)C[C@H]1O. The molecule has 0 bridgehead atoms. The lowest BCUT2D eigenvalue weighted by Gasteiger charge is -2.37. The molecule has 3 rings (SSSR count). The average molecular weight is 228 g/mol. The number of aliphatic hydroxyl groups is 1. The van der Waals surface area contributed by atoms with Crippen molar-refractivity contribution in [1.82, 2.24) is 0 Å². The molecule has 2 aromatic rings. The van der Waals surface area contributed by atoms with Gasteiger partial charge in [0, 0.05) is 11.8 Å². The second-order valence-corrected chi connectivity index (χ2v) is 5.20. The molecule has 0 radical (unpaired) electrons. The Morgan fingerprint density at radius 1 is 1.18 bits per heavy atom. The van der Waals surface area contributed by atoms with E-state index in [0.717, 1.165) is 16.7 Å². The Kier molecular flexibility index (Phi) is 2.17. The van der Waals surface area contributed by atoms with Crippen LogP contribution >= 0.6 is 0 Å². The summed E-state index contributed by atoms with van der Waals surface area (Å²) in [5, 5.41) is 12.3. The zero-order valence-corrected chi connectivity index (χ0v) is 10.1. The van der Waals surface area contributed by atoms with Gasteiger partial charge >= 0.3 is 0 Å². The summed E-state index contributed by atoms with van der Waals surface area (Å²) in [6.07, 6.45) is 0.212. The molecule has 0 saturated heterocycles. The molecule has 0 unspecified atom stereocenters. The summed E-state index contributed by atoms with van der Waals surface area (Å²) in [4.78, 5) is 0. The lowest BCUT2D eigenvalue weighted by atomic mass is 9.89. The Labute approximate surface area is 101 Å². The van der Waals surface area contributed by atoms with E-state index in [9.17, 15) is 5.11 Å². The smallest absolute Gasteiger partial charge is 0.131 e. The highest BCUT2D eigenvalue weighted by Crippen LogP contribution is 2.38. The second kappa shape index (κ2) is 3.47. The van der Waals surface area contributed by atoms with Crippen LogP contribution in [0.1, 0.15) is 19.4 Å². The van der Waals surface area contributed by atoms with Crippen LogP contribution in [-0.2, 0) is 6.42 Å². The predicted molar refractivity (Wildman–Crippen MR) is 68.4 cm³/mol. The van der Waals surface area contributed by atoms with Crippen LogP contribution < -0.4 is 4.74 Å². The molecular weight excluding hydrogens is 212 g/mol. The van der Waals surface area contributed by atoms with Crippen molar-refractivity contribution in [3.63, 3.8) is 0 Å². The molecule has 88 valence electrons. The molecule has 2 heteroatoms. The fourth-order valence-electron chi connectivity index (χ4n) is 2.35. The van der Waals surface area contributed by atoms with Gasteiger partial charge in [0.2, 0.25) is 0 Å². The minimum Gasteiger partial charge on any atom is -0.484 e. The molecular formula is C15H16O2. The molecule has 1 heterocycles. The maximum absolute atomic E-state index is 10.0. The van der Waals surface area contributed by atoms with Gasteiger partial charge in [-0.2, -0.15) is 0 Å². The van der Waals surface area contributed by atoms with Crippen molar-refractivity contribution in [2.45, 2.75) is 32.0 Å². The van der Waals surface area contributed by atoms with Gasteiger partial charge in [0.1, 0.15) is 11.4 Å². The molecule has 0 aliphatic carbocycles. The fraction of sp³-hybridized carbons (Fsp3) is 0.333. The number of hydrogen-bond donors (Lipinski definition) is 1. The molecule has 1 aliphatic heterocycles. The van der Waals surface area contributed by atoms with Crippen LogP contribution in [0.5, 0.6) is 5.75 Å². The van der Waals surface area contributed by atoms with Crippen molar-refractivity contribution >= 4 is 10.8 Å². The van der Waals surface area contributed by atoms with E-state index < -0.39 is 11.7 Å². The Morgan fingerprint density at radius 2 is 1.94 bits per heavy atom. The highest BCUT2D eigenvalue weighted by atomic mass is 16.5. The first-order valence-corrected chi connectivity index (χ1v) is 5.95. The Balaban J connectivity index is 2.24. The summed E-state index contributed by atoms with van der Waals surface area (Å²) < 4.78 is 5.99. The van der Waals surface area contributed by atoms with E-state index >= 15 is 0 Å². The molecule has 17 heavy (non-hydrogen) atoms. The maximum atomic E-state index is 10.0. The third kappa shape index (κ3) is 1.60. The summed E-state index contributed by atoms with van der Waals surface area (Å²) >= 11 is 0. The third-order valence-corrected chi connectivity index (χ3v) is 3.54. The number of ether oxygens (including phenoxy) is 1. The Hall–Kier alpha value is -1.54. The van der Waals surface area contributed by atoms with Gasteiger partial charge in [0.25, 0.3) is 0 Å². The topological polar surface area (TPSA) is 29.5 Å². The van der Waals surface area contributed by atoms with Crippen LogP contribution in [0.3, 0.4) is 0 Å². The molecule has 0 aromatic heterocycles. The first-order chi connectivity index (χ1) is 8.08. The lowest BCUT2D eigenvalue weighted by Crippen LogP contribution is -2.46. The lowest BCUT2D eigenvalue weighted by molar-refractivity contribution is -0.0400. The van der Waals surface area contributed by atoms with Gasteiger partial charge in [0.05, 0.1) is 6.10 Å². The first kappa shape index (κ1) is 10.6. The maximum Gasteiger partial charge on any atom is 0.131 e. The van der Waals surface area contributed by atoms with Crippen molar-refractivity contribution in [3.05, 3.63) is 42.0 Å². The molecule has 0 saturated carbocycles. The molecule has 0 amide bonds. The standard InChI is InChI=1S/C15H16O2/c1-15(2)13(16)9-11-8-7-10-5-3-4-6-12(10)14(11)17-15/h3-8,13,16H,9H2,1-2H3/t13-/m1/s1. The minimum absolute atomic E-state index is 0.448. The number of rotatable bonds is 0. The van der Waals surface area contributed by atoms with Crippen LogP contribution in [0.15, 0.2) is 36.4 Å². The summed E-state index contributed by atoms with van der Waals surface area (Å²) in [6, 6.07) is 12.3. The molecule has 1 N–H and O–H groups in total. The number of aliphatic hydroxyl groups excluding tert-OH is 1. The van der Waals surface area contributed by atoms with Crippen LogP contribution in [0, 0.1) is 0 Å². The molecule has 2 nitrogen and oxygen atoms in total. The molecule has 0 fully saturated rings. The van der Waals surface area contributed by atoms with E-state index in [4.69, 9.17) is 4.74 Å². The van der Waals surface area contributed by atoms with Crippen molar-refractivity contribution in [2.75, 3.05) is 0 Å². The van der Waals surface area contributed by atoms with E-state index in [0.29, 0.717) is 6.42 Å². The van der Waals surface area contributed by atoms with Gasteiger partial charge in [-0.1, -0.05) is 36.4 Å². The summed E-state index contributed by atoms with van der Waals surface area (Å²) in [6.45, 7) is 3.87. The van der Waals surface area contributed by atoms with Gasteiger partial charge in [-0.3, -0.25) is 0 Å². The number of fused-ring (bicyclic) bond motifs is 3. The summed E-state index contributed by atoms with van der Waals surface area (Å²) in [7, 11) is 0. The van der Waals surface area contributed by atoms with Crippen molar-refractivity contribution < 1.29 is 9.84 Å². The van der Waals surface area contributed by atoms with Crippen LogP contribution in [0.25, 0.3) is 10.8 Å². The zero-order valence-electron chi connectivity index (χ0n) is 10.1. The molecule has 1 atom stereocenters. The Morgan fingerprint density at radius 3 is 2.76 bits per heavy atom. The highest BCUT2D eigenvalue weighted by Gasteiger charge is 2.36. The van der Waals surface area contributed by atoms with Crippen molar-refractivity contribution in [3.8, 4) is 5.75 Å². The van der Waals surface area contributed by atoms with Crippen LogP contribution in [0.2, 0.25) is 0 Å². The fourth-order valence-corrected chi connectivity index (χ4v) is 2.35. The van der Waals surface area contributed by atoms with Gasteiger partial charge < -0.3 is 9.84 Å². The van der Waals surface area contributed by atoms with Crippen LogP contribution in [-0.4, -0.2) is 16.8 Å². The van der Waals surface area contributed by atoms with E-state index in [-0.39, 0.29) is 0 Å². The van der Waals surface area contributed by atoms with E-state index in [1.54, 1.807) is 0 Å². The van der Waals surface area contributed by atoms with E-state index in [1.807, 2.05) is 26.0 Å². The minimum atomic E-state index is -0.517. The zero-order chi connectivity index (χ0) is 12.0. The highest BCUT2D eigenvalue weighted by molar-refractivity contribution is 5.89. The predicted octanol–water partition coefficient (Wildman–Crippen LogP) is 2.91.